The number of hydrogen-bond donors (Lipinski definition) is 0. The predicted molar refractivity (Wildman–Crippen MR) is 172 cm³/mol. The molecule has 0 saturated heterocycles. The van der Waals surface area contributed by atoms with Crippen LogP contribution in [-0.4, -0.2) is 8.07 Å². The highest BCUT2D eigenvalue weighted by Crippen LogP contribution is 2.45. The Morgan fingerprint density at radius 3 is 1.79 bits per heavy atom. The molecule has 0 N–H and O–H groups in total. The fourth-order valence-electron chi connectivity index (χ4n) is 6.94. The van der Waals surface area contributed by atoms with E-state index in [1.54, 1.807) is 10.4 Å². The molecule has 0 spiro atoms. The van der Waals surface area contributed by atoms with Gasteiger partial charge in [0.25, 0.3) is 0 Å². The van der Waals surface area contributed by atoms with Gasteiger partial charge in [-0.1, -0.05) is 134 Å². The monoisotopic (exact) mass is 512 g/mol. The third-order valence-electron chi connectivity index (χ3n) is 8.83. The van der Waals surface area contributed by atoms with Crippen molar-refractivity contribution in [2.24, 2.45) is 0 Å². The molecule has 1 heteroatoms. The van der Waals surface area contributed by atoms with E-state index in [1.165, 1.54) is 65.7 Å². The van der Waals surface area contributed by atoms with Crippen molar-refractivity contribution in [3.05, 3.63) is 133 Å². The molecule has 8 rings (SSSR count). The van der Waals surface area contributed by atoms with Crippen LogP contribution in [0.15, 0.2) is 133 Å². The molecule has 0 saturated carbocycles. The van der Waals surface area contributed by atoms with Crippen molar-refractivity contribution in [1.29, 1.82) is 0 Å². The summed E-state index contributed by atoms with van der Waals surface area (Å²) in [6.07, 6.45) is 0. The van der Waals surface area contributed by atoms with Gasteiger partial charge in [-0.2, -0.15) is 0 Å². The van der Waals surface area contributed by atoms with Crippen LogP contribution in [0.3, 0.4) is 0 Å². The highest BCUT2D eigenvalue weighted by Gasteiger charge is 2.38. The standard InChI is InChI=1S/C38H28Si/c1-39(2)35-19-11-10-16-29(35)32-23-33-34(24-36(32)39)37(26-13-4-3-5-14-26)30-17-8-9-18-31(30)38(33)28-21-20-25-12-6-7-15-27(25)22-28/h3-24H,1-2H3. The third-order valence-corrected chi connectivity index (χ3v) is 12.4. The molecule has 0 unspecified atom stereocenters. The van der Waals surface area contributed by atoms with Crippen LogP contribution >= 0.6 is 0 Å². The van der Waals surface area contributed by atoms with Gasteiger partial charge in [0.1, 0.15) is 8.07 Å². The summed E-state index contributed by atoms with van der Waals surface area (Å²) in [5.41, 5.74) is 8.07. The first kappa shape index (κ1) is 22.5. The molecule has 0 radical (unpaired) electrons. The largest absolute Gasteiger partial charge is 0.113 e. The Kier molecular flexibility index (Phi) is 4.77. The van der Waals surface area contributed by atoms with Crippen LogP contribution in [0.4, 0.5) is 0 Å². The lowest BCUT2D eigenvalue weighted by Crippen LogP contribution is -2.49. The Morgan fingerprint density at radius 1 is 0.385 bits per heavy atom. The minimum Gasteiger partial charge on any atom is -0.0623 e. The van der Waals surface area contributed by atoms with Crippen molar-refractivity contribution in [1.82, 2.24) is 0 Å². The molecule has 0 aromatic heterocycles. The lowest BCUT2D eigenvalue weighted by Gasteiger charge is -2.22. The third kappa shape index (κ3) is 3.24. The van der Waals surface area contributed by atoms with Gasteiger partial charge < -0.3 is 0 Å². The molecule has 39 heavy (non-hydrogen) atoms. The average Bonchev–Trinajstić information content (AvgIpc) is 3.21. The zero-order chi connectivity index (χ0) is 26.1. The van der Waals surface area contributed by atoms with Gasteiger partial charge in [0.2, 0.25) is 0 Å². The molecule has 7 aromatic carbocycles. The van der Waals surface area contributed by atoms with E-state index in [9.17, 15) is 0 Å². The maximum Gasteiger partial charge on any atom is 0.113 e. The second-order valence-electron chi connectivity index (χ2n) is 11.3. The summed E-state index contributed by atoms with van der Waals surface area (Å²) in [6.45, 7) is 5.02. The van der Waals surface area contributed by atoms with Gasteiger partial charge in [-0.05, 0) is 88.2 Å². The van der Waals surface area contributed by atoms with Crippen LogP contribution in [0, 0.1) is 0 Å². The van der Waals surface area contributed by atoms with Crippen LogP contribution in [-0.2, 0) is 0 Å². The lowest BCUT2D eigenvalue weighted by molar-refractivity contribution is 1.66. The molecule has 0 aliphatic carbocycles. The van der Waals surface area contributed by atoms with Crippen molar-refractivity contribution in [2.75, 3.05) is 0 Å². The van der Waals surface area contributed by atoms with E-state index in [2.05, 4.69) is 147 Å². The van der Waals surface area contributed by atoms with E-state index in [1.807, 2.05) is 0 Å². The van der Waals surface area contributed by atoms with Crippen LogP contribution < -0.4 is 10.4 Å². The second kappa shape index (κ2) is 8.27. The van der Waals surface area contributed by atoms with E-state index in [4.69, 9.17) is 0 Å². The van der Waals surface area contributed by atoms with Crippen molar-refractivity contribution in [3.8, 4) is 33.4 Å². The number of fused-ring (bicyclic) bond motifs is 6. The first-order chi connectivity index (χ1) is 19.1. The molecule has 0 atom stereocenters. The van der Waals surface area contributed by atoms with E-state index < -0.39 is 8.07 Å². The SMILES string of the molecule is C[Si]1(C)c2ccccc2-c2cc3c(-c4ccc5ccccc5c4)c4ccccc4c(-c4ccccc4)c3cc21. The molecule has 0 nitrogen and oxygen atoms in total. The molecule has 1 heterocycles. The van der Waals surface area contributed by atoms with Gasteiger partial charge in [0.15, 0.2) is 0 Å². The minimum absolute atomic E-state index is 1.28. The van der Waals surface area contributed by atoms with Crippen molar-refractivity contribution in [2.45, 2.75) is 13.1 Å². The lowest BCUT2D eigenvalue weighted by atomic mass is 9.84. The van der Waals surface area contributed by atoms with Gasteiger partial charge in [0, 0.05) is 0 Å². The quantitative estimate of drug-likeness (QED) is 0.160. The summed E-state index contributed by atoms with van der Waals surface area (Å²) in [6, 6.07) is 49.8. The van der Waals surface area contributed by atoms with E-state index in [0.29, 0.717) is 0 Å². The highest BCUT2D eigenvalue weighted by atomic mass is 28.3. The molecule has 0 amide bonds. The molecule has 1 aliphatic rings. The van der Waals surface area contributed by atoms with Crippen LogP contribution in [0.25, 0.3) is 65.7 Å². The number of rotatable bonds is 2. The zero-order valence-electron chi connectivity index (χ0n) is 22.2. The maximum atomic E-state index is 2.57. The average molecular weight is 513 g/mol. The van der Waals surface area contributed by atoms with Gasteiger partial charge in [-0.25, -0.2) is 0 Å². The van der Waals surface area contributed by atoms with Gasteiger partial charge in [-0.15, -0.1) is 0 Å². The van der Waals surface area contributed by atoms with Gasteiger partial charge in [0.05, 0.1) is 0 Å². The molecule has 7 aromatic rings. The molecule has 0 fully saturated rings. The van der Waals surface area contributed by atoms with Crippen LogP contribution in [0.5, 0.6) is 0 Å². The Bertz CT molecular complexity index is 2080. The molecule has 184 valence electrons. The summed E-state index contributed by atoms with van der Waals surface area (Å²) in [5, 5.41) is 11.0. The Hall–Kier alpha value is -4.46. The molecular formula is C38H28Si. The van der Waals surface area contributed by atoms with Crippen molar-refractivity contribution < 1.29 is 0 Å². The second-order valence-corrected chi connectivity index (χ2v) is 15.7. The smallest absolute Gasteiger partial charge is 0.0623 e. The van der Waals surface area contributed by atoms with Gasteiger partial charge >= 0.3 is 0 Å². The van der Waals surface area contributed by atoms with E-state index >= 15 is 0 Å². The molecular weight excluding hydrogens is 485 g/mol. The van der Waals surface area contributed by atoms with Crippen molar-refractivity contribution >= 4 is 50.8 Å². The Balaban J connectivity index is 1.58. The molecule has 0 bridgehead atoms. The van der Waals surface area contributed by atoms with Crippen LogP contribution in [0.1, 0.15) is 0 Å². The Morgan fingerprint density at radius 2 is 1.00 bits per heavy atom. The zero-order valence-corrected chi connectivity index (χ0v) is 23.2. The van der Waals surface area contributed by atoms with E-state index in [-0.39, 0.29) is 0 Å². The summed E-state index contributed by atoms with van der Waals surface area (Å²) in [5.74, 6) is 0. The van der Waals surface area contributed by atoms with Crippen LogP contribution in [0.2, 0.25) is 13.1 Å². The fraction of sp³-hybridized carbons (Fsp3) is 0.0526. The molecule has 1 aliphatic heterocycles. The summed E-state index contributed by atoms with van der Waals surface area (Å²) in [4.78, 5) is 0. The van der Waals surface area contributed by atoms with Crippen molar-refractivity contribution in [3.63, 3.8) is 0 Å². The normalized spacial score (nSPS) is 13.6. The fourth-order valence-corrected chi connectivity index (χ4v) is 10.0. The Labute approximate surface area is 230 Å². The summed E-state index contributed by atoms with van der Waals surface area (Å²) in [7, 11) is -1.82. The first-order valence-electron chi connectivity index (χ1n) is 13.8. The summed E-state index contributed by atoms with van der Waals surface area (Å²) >= 11 is 0. The van der Waals surface area contributed by atoms with E-state index in [0.717, 1.165) is 0 Å². The predicted octanol–water partition coefficient (Wildman–Crippen LogP) is 9.28. The maximum absolute atomic E-state index is 2.57. The van der Waals surface area contributed by atoms with Gasteiger partial charge in [-0.3, -0.25) is 0 Å². The summed E-state index contributed by atoms with van der Waals surface area (Å²) < 4.78 is 0. The first-order valence-corrected chi connectivity index (χ1v) is 16.8. The highest BCUT2D eigenvalue weighted by molar-refractivity contribution is 7.04. The number of benzene rings is 7. The minimum atomic E-state index is -1.82. The topological polar surface area (TPSA) is 0 Å². The number of hydrogen-bond acceptors (Lipinski definition) is 0.